The number of furan rings is 1. The Hall–Kier alpha value is -2.31. The largest absolute Gasteiger partial charge is 0.480 e. The lowest BCUT2D eigenvalue weighted by Gasteiger charge is -2.20. The van der Waals surface area contributed by atoms with Gasteiger partial charge in [-0.2, -0.15) is 0 Å². The fourth-order valence-corrected chi connectivity index (χ4v) is 2.29. The van der Waals surface area contributed by atoms with Crippen LogP contribution in [0.4, 0.5) is 4.79 Å². The molecule has 2 rings (SSSR count). The van der Waals surface area contributed by atoms with Crippen LogP contribution in [0.5, 0.6) is 0 Å². The third-order valence-electron chi connectivity index (χ3n) is 3.15. The molecule has 0 saturated carbocycles. The number of hydrogen-bond donors (Lipinski definition) is 2. The summed E-state index contributed by atoms with van der Waals surface area (Å²) in [4.78, 5) is 35.4. The minimum absolute atomic E-state index is 0.519. The summed E-state index contributed by atoms with van der Waals surface area (Å²) >= 11 is 0. The summed E-state index contributed by atoms with van der Waals surface area (Å²) in [7, 11) is 0. The lowest BCUT2D eigenvalue weighted by atomic mass is 9.92. The fraction of sp³-hybridized carbons (Fsp3) is 0.417. The van der Waals surface area contributed by atoms with Gasteiger partial charge in [-0.1, -0.05) is 0 Å². The summed E-state index contributed by atoms with van der Waals surface area (Å²) in [5.41, 5.74) is -0.745. The highest BCUT2D eigenvalue weighted by Gasteiger charge is 2.51. The van der Waals surface area contributed by atoms with E-state index in [4.69, 9.17) is 9.52 Å². The topological polar surface area (TPSA) is 99.9 Å². The predicted octanol–water partition coefficient (Wildman–Crippen LogP) is 0.748. The fourth-order valence-electron chi connectivity index (χ4n) is 2.29. The number of urea groups is 1. The molecule has 1 aromatic heterocycles. The van der Waals surface area contributed by atoms with Crippen molar-refractivity contribution < 1.29 is 23.9 Å². The Kier molecular flexibility index (Phi) is 2.84. The summed E-state index contributed by atoms with van der Waals surface area (Å²) in [5.74, 6) is -0.699. The molecular formula is C12H14N2O5. The van der Waals surface area contributed by atoms with Crippen LogP contribution in [-0.4, -0.2) is 34.5 Å². The van der Waals surface area contributed by atoms with E-state index in [2.05, 4.69) is 5.32 Å². The van der Waals surface area contributed by atoms with Crippen molar-refractivity contribution >= 4 is 17.9 Å². The standard InChI is InChI=1S/C12H14N2O5/c1-6-4-8(7(2)19-6)12(3)10(17)14(5-9(15)16)11(18)13-12/h4H,5H2,1-3H3,(H,13,18)(H,15,16). The number of rotatable bonds is 3. The van der Waals surface area contributed by atoms with Crippen molar-refractivity contribution in [2.24, 2.45) is 0 Å². The van der Waals surface area contributed by atoms with Gasteiger partial charge >= 0.3 is 12.0 Å². The van der Waals surface area contributed by atoms with Crippen molar-refractivity contribution in [3.05, 3.63) is 23.2 Å². The van der Waals surface area contributed by atoms with Crippen LogP contribution < -0.4 is 5.32 Å². The van der Waals surface area contributed by atoms with Gasteiger partial charge in [0.25, 0.3) is 5.91 Å². The number of aliphatic carboxylic acids is 1. The summed E-state index contributed by atoms with van der Waals surface area (Å²) in [6.45, 7) is 4.30. The molecule has 0 bridgehead atoms. The number of carbonyl (C=O) groups is 3. The SMILES string of the molecule is Cc1cc(C2(C)NC(=O)N(CC(=O)O)C2=O)c(C)o1. The maximum Gasteiger partial charge on any atom is 0.325 e. The van der Waals surface area contributed by atoms with E-state index in [1.165, 1.54) is 6.92 Å². The highest BCUT2D eigenvalue weighted by atomic mass is 16.4. The Balaban J connectivity index is 2.41. The van der Waals surface area contributed by atoms with Crippen LogP contribution in [0.25, 0.3) is 0 Å². The maximum absolute atomic E-state index is 12.3. The first-order valence-electron chi connectivity index (χ1n) is 5.69. The van der Waals surface area contributed by atoms with Crippen LogP contribution in [-0.2, 0) is 15.1 Å². The van der Waals surface area contributed by atoms with Crippen molar-refractivity contribution in [3.63, 3.8) is 0 Å². The zero-order chi connectivity index (χ0) is 14.4. The van der Waals surface area contributed by atoms with Crippen molar-refractivity contribution in [1.82, 2.24) is 10.2 Å². The molecule has 1 aromatic rings. The van der Waals surface area contributed by atoms with Gasteiger partial charge in [-0.25, -0.2) is 4.79 Å². The van der Waals surface area contributed by atoms with Gasteiger partial charge in [-0.15, -0.1) is 0 Å². The van der Waals surface area contributed by atoms with E-state index in [-0.39, 0.29) is 0 Å². The second kappa shape index (κ2) is 4.11. The average Bonchev–Trinajstić information content (AvgIpc) is 2.72. The third-order valence-corrected chi connectivity index (χ3v) is 3.15. The maximum atomic E-state index is 12.3. The quantitative estimate of drug-likeness (QED) is 0.786. The van der Waals surface area contributed by atoms with Gasteiger partial charge in [0.2, 0.25) is 0 Å². The molecule has 7 heteroatoms. The third kappa shape index (κ3) is 1.96. The number of hydrogen-bond acceptors (Lipinski definition) is 4. The van der Waals surface area contributed by atoms with Crippen LogP contribution in [0, 0.1) is 13.8 Å². The number of carboxylic acids is 1. The molecule has 1 atom stereocenters. The van der Waals surface area contributed by atoms with Gasteiger partial charge < -0.3 is 14.8 Å². The van der Waals surface area contributed by atoms with Crippen molar-refractivity contribution in [3.8, 4) is 0 Å². The van der Waals surface area contributed by atoms with Gasteiger partial charge in [-0.05, 0) is 26.8 Å². The summed E-state index contributed by atoms with van der Waals surface area (Å²) in [5, 5.41) is 11.2. The second-order valence-corrected chi connectivity index (χ2v) is 4.67. The lowest BCUT2D eigenvalue weighted by molar-refractivity contribution is -0.142. The zero-order valence-corrected chi connectivity index (χ0v) is 10.8. The van der Waals surface area contributed by atoms with Gasteiger partial charge in [0.15, 0.2) is 0 Å². The van der Waals surface area contributed by atoms with Crippen LogP contribution in [0.1, 0.15) is 24.0 Å². The number of imide groups is 1. The molecule has 102 valence electrons. The molecule has 0 radical (unpaired) electrons. The predicted molar refractivity (Wildman–Crippen MR) is 63.4 cm³/mol. The van der Waals surface area contributed by atoms with Gasteiger partial charge in [-0.3, -0.25) is 14.5 Å². The van der Waals surface area contributed by atoms with E-state index in [0.717, 1.165) is 0 Å². The number of carbonyl (C=O) groups excluding carboxylic acids is 2. The molecule has 7 nitrogen and oxygen atoms in total. The van der Waals surface area contributed by atoms with E-state index < -0.39 is 30.0 Å². The first kappa shape index (κ1) is 13.1. The second-order valence-electron chi connectivity index (χ2n) is 4.67. The van der Waals surface area contributed by atoms with Crippen LogP contribution >= 0.6 is 0 Å². The van der Waals surface area contributed by atoms with E-state index in [9.17, 15) is 14.4 Å². The Labute approximate surface area is 109 Å². The normalized spacial score (nSPS) is 22.8. The monoisotopic (exact) mass is 266 g/mol. The number of nitrogens with one attached hydrogen (secondary N) is 1. The summed E-state index contributed by atoms with van der Waals surface area (Å²) < 4.78 is 5.35. The molecule has 0 aliphatic carbocycles. The van der Waals surface area contributed by atoms with E-state index in [1.54, 1.807) is 19.9 Å². The number of amides is 3. The van der Waals surface area contributed by atoms with Gasteiger partial charge in [0.05, 0.1) is 0 Å². The highest BCUT2D eigenvalue weighted by Crippen LogP contribution is 2.32. The molecule has 19 heavy (non-hydrogen) atoms. The van der Waals surface area contributed by atoms with Crippen molar-refractivity contribution in [2.45, 2.75) is 26.3 Å². The molecule has 2 N–H and O–H groups in total. The molecule has 1 unspecified atom stereocenters. The minimum atomic E-state index is -1.28. The lowest BCUT2D eigenvalue weighted by Crippen LogP contribution is -2.41. The molecule has 1 saturated heterocycles. The molecular weight excluding hydrogens is 252 g/mol. The van der Waals surface area contributed by atoms with Crippen LogP contribution in [0.3, 0.4) is 0 Å². The number of carboxylic acid groups (broad SMARTS) is 1. The molecule has 3 amide bonds. The molecule has 1 aliphatic rings. The number of aryl methyl sites for hydroxylation is 2. The van der Waals surface area contributed by atoms with E-state index in [1.807, 2.05) is 0 Å². The van der Waals surface area contributed by atoms with Crippen LogP contribution in [0.2, 0.25) is 0 Å². The van der Waals surface area contributed by atoms with E-state index in [0.29, 0.717) is 22.0 Å². The number of nitrogens with zero attached hydrogens (tertiary/aromatic N) is 1. The first-order chi connectivity index (χ1) is 8.75. The molecule has 1 aliphatic heterocycles. The Morgan fingerprint density at radius 3 is 2.58 bits per heavy atom. The van der Waals surface area contributed by atoms with Crippen molar-refractivity contribution in [2.75, 3.05) is 6.54 Å². The van der Waals surface area contributed by atoms with Gasteiger partial charge in [0.1, 0.15) is 23.6 Å². The van der Waals surface area contributed by atoms with Crippen LogP contribution in [0.15, 0.2) is 10.5 Å². The zero-order valence-electron chi connectivity index (χ0n) is 10.8. The van der Waals surface area contributed by atoms with Gasteiger partial charge in [0, 0.05) is 5.56 Å². The average molecular weight is 266 g/mol. The summed E-state index contributed by atoms with van der Waals surface area (Å²) in [6.07, 6.45) is 0. The Morgan fingerprint density at radius 1 is 1.47 bits per heavy atom. The van der Waals surface area contributed by atoms with E-state index >= 15 is 0 Å². The smallest absolute Gasteiger partial charge is 0.325 e. The highest BCUT2D eigenvalue weighted by molar-refractivity contribution is 6.08. The van der Waals surface area contributed by atoms with Crippen molar-refractivity contribution in [1.29, 1.82) is 0 Å². The first-order valence-corrected chi connectivity index (χ1v) is 5.69. The molecule has 0 aromatic carbocycles. The molecule has 2 heterocycles. The minimum Gasteiger partial charge on any atom is -0.480 e. The molecule has 0 spiro atoms. The Bertz CT molecular complexity index is 577. The molecule has 1 fully saturated rings. The Morgan fingerprint density at radius 2 is 2.11 bits per heavy atom. The summed E-state index contributed by atoms with van der Waals surface area (Å²) in [6, 6.07) is 0.950.